The van der Waals surface area contributed by atoms with E-state index in [0.717, 1.165) is 4.90 Å². The van der Waals surface area contributed by atoms with Crippen molar-refractivity contribution in [2.24, 2.45) is 0 Å². The van der Waals surface area contributed by atoms with Crippen LogP contribution in [0.15, 0.2) is 112 Å². The van der Waals surface area contributed by atoms with E-state index < -0.39 is 0 Å². The Hall–Kier alpha value is -2.52. The van der Waals surface area contributed by atoms with Crippen molar-refractivity contribution in [2.75, 3.05) is 0 Å². The minimum Gasteiger partial charge on any atom is -0.507 e. The van der Waals surface area contributed by atoms with Crippen molar-refractivity contribution in [3.63, 3.8) is 0 Å². The third kappa shape index (κ3) is 4.11. The molecule has 0 radical (unpaired) electrons. The molecule has 32 heavy (non-hydrogen) atoms. The Morgan fingerprint density at radius 3 is 1.19 bits per heavy atom. The molecule has 0 fully saturated rings. The molecule has 0 aliphatic carbocycles. The summed E-state index contributed by atoms with van der Waals surface area (Å²) in [6, 6.07) is 21.6. The monoisotopic (exact) mass is 496 g/mol. The third-order valence-electron chi connectivity index (χ3n) is 4.70. The lowest BCUT2D eigenvalue weighted by atomic mass is 10.3. The number of hydrogen-bond acceptors (Lipinski definition) is 8. The van der Waals surface area contributed by atoms with Gasteiger partial charge in [-0.05, 0) is 54.6 Å². The van der Waals surface area contributed by atoms with Gasteiger partial charge in [-0.25, -0.2) is 0 Å². The second-order valence-electron chi connectivity index (χ2n) is 6.85. The van der Waals surface area contributed by atoms with Gasteiger partial charge in [-0.2, -0.15) is 0 Å². The topological polar surface area (TPSA) is 80.9 Å². The number of para-hydroxylation sites is 3. The van der Waals surface area contributed by atoms with E-state index in [4.69, 9.17) is 0 Å². The smallest absolute Gasteiger partial charge is 0.143 e. The molecule has 8 bridgehead atoms. The number of fused-ring (bicyclic) bond motifs is 2. The highest BCUT2D eigenvalue weighted by molar-refractivity contribution is 8.01. The van der Waals surface area contributed by atoms with Gasteiger partial charge in [0, 0.05) is 4.90 Å². The van der Waals surface area contributed by atoms with Crippen LogP contribution in [0.2, 0.25) is 0 Å². The van der Waals surface area contributed by atoms with Crippen LogP contribution in [0.4, 0.5) is 0 Å². The fraction of sp³-hybridized carbons (Fsp3) is 0. The highest BCUT2D eigenvalue weighted by atomic mass is 32.2. The summed E-state index contributed by atoms with van der Waals surface area (Å²) in [7, 11) is 0. The van der Waals surface area contributed by atoms with E-state index in [-0.39, 0.29) is 23.0 Å². The maximum absolute atomic E-state index is 10.9. The molecule has 6 rings (SSSR count). The van der Waals surface area contributed by atoms with Crippen molar-refractivity contribution in [3.8, 4) is 23.0 Å². The molecule has 0 atom stereocenters. The molecule has 8 heteroatoms. The number of rotatable bonds is 0. The molecule has 4 N–H and O–H groups in total. The van der Waals surface area contributed by atoms with E-state index >= 15 is 0 Å². The maximum Gasteiger partial charge on any atom is 0.143 e. The van der Waals surface area contributed by atoms with Gasteiger partial charge in [0.1, 0.15) is 23.0 Å². The largest absolute Gasteiger partial charge is 0.507 e. The Kier molecular flexibility index (Phi) is 5.86. The van der Waals surface area contributed by atoms with Crippen LogP contribution in [-0.4, -0.2) is 20.4 Å². The molecule has 4 aromatic rings. The van der Waals surface area contributed by atoms with Gasteiger partial charge in [0.15, 0.2) is 0 Å². The van der Waals surface area contributed by atoms with Crippen molar-refractivity contribution < 1.29 is 20.4 Å². The molecule has 0 spiro atoms. The van der Waals surface area contributed by atoms with E-state index in [9.17, 15) is 20.4 Å². The van der Waals surface area contributed by atoms with Crippen LogP contribution in [0, 0.1) is 0 Å². The molecule has 0 saturated carbocycles. The maximum atomic E-state index is 10.9. The summed E-state index contributed by atoms with van der Waals surface area (Å²) in [5.41, 5.74) is 0. The van der Waals surface area contributed by atoms with Crippen LogP contribution in [-0.2, 0) is 0 Å². The van der Waals surface area contributed by atoms with E-state index in [1.807, 2.05) is 30.3 Å². The first-order chi connectivity index (χ1) is 15.5. The first-order valence-electron chi connectivity index (χ1n) is 9.50. The standard InChI is InChI=1S/C24H16O4S4/c25-14-12-13-10-11-15(14)30-17-5-2-7-19(23(17)27)32-21-9-3-8-20(24(21)28)31-18-6-1-4-16(29-13)22(18)26/h1-12,25-28H. The minimum absolute atomic E-state index is 0.0893. The average Bonchev–Trinajstić information content (AvgIpc) is 2.77. The summed E-state index contributed by atoms with van der Waals surface area (Å²) >= 11 is 5.13. The molecule has 0 saturated heterocycles. The van der Waals surface area contributed by atoms with Gasteiger partial charge in [0.2, 0.25) is 0 Å². The first-order valence-corrected chi connectivity index (χ1v) is 12.8. The zero-order valence-electron chi connectivity index (χ0n) is 16.4. The summed E-state index contributed by atoms with van der Waals surface area (Å²) in [5.74, 6) is 0.389. The molecule has 2 aliphatic heterocycles. The predicted octanol–water partition coefficient (Wildman–Crippen LogP) is 7.43. The first kappa shape index (κ1) is 21.3. The van der Waals surface area contributed by atoms with Crippen LogP contribution < -0.4 is 0 Å². The Labute approximate surface area is 201 Å². The molecule has 160 valence electrons. The van der Waals surface area contributed by atoms with Crippen LogP contribution in [0.25, 0.3) is 0 Å². The highest BCUT2D eigenvalue weighted by Gasteiger charge is 2.18. The second-order valence-corrected chi connectivity index (χ2v) is 11.2. The van der Waals surface area contributed by atoms with Crippen molar-refractivity contribution >= 4 is 47.0 Å². The quantitative estimate of drug-likeness (QED) is 0.176. The van der Waals surface area contributed by atoms with Gasteiger partial charge >= 0.3 is 0 Å². The molecule has 2 aliphatic rings. The Bertz CT molecular complexity index is 1340. The van der Waals surface area contributed by atoms with Gasteiger partial charge in [-0.3, -0.25) is 0 Å². The number of aromatic hydroxyl groups is 4. The van der Waals surface area contributed by atoms with E-state index in [1.54, 1.807) is 42.5 Å². The lowest BCUT2D eigenvalue weighted by Gasteiger charge is -2.12. The minimum atomic E-state index is 0.0893. The Balaban J connectivity index is 1.69. The molecule has 0 unspecified atom stereocenters. The molecule has 0 aromatic heterocycles. The van der Waals surface area contributed by atoms with Crippen molar-refractivity contribution in [3.05, 3.63) is 72.8 Å². The SMILES string of the molecule is Oc1cc2ccc1Sc1cccc(c1O)Sc1cccc(c1O)Sc1cccc(c1O)S2. The van der Waals surface area contributed by atoms with Crippen LogP contribution in [0.5, 0.6) is 23.0 Å². The lowest BCUT2D eigenvalue weighted by molar-refractivity contribution is 0.445. The molecular formula is C24H16O4S4. The van der Waals surface area contributed by atoms with Crippen LogP contribution >= 0.6 is 47.0 Å². The highest BCUT2D eigenvalue weighted by Crippen LogP contribution is 2.50. The number of phenolic OH excluding ortho intramolecular Hbond substituents is 4. The van der Waals surface area contributed by atoms with Crippen LogP contribution in [0.1, 0.15) is 0 Å². The molecule has 4 aromatic carbocycles. The predicted molar refractivity (Wildman–Crippen MR) is 129 cm³/mol. The van der Waals surface area contributed by atoms with Crippen molar-refractivity contribution in [1.82, 2.24) is 0 Å². The average molecular weight is 497 g/mol. The zero-order chi connectivity index (χ0) is 22.2. The van der Waals surface area contributed by atoms with E-state index in [0.29, 0.717) is 34.3 Å². The third-order valence-corrected chi connectivity index (χ3v) is 9.05. The Morgan fingerprint density at radius 1 is 0.406 bits per heavy atom. The number of phenols is 4. The molecule has 2 heterocycles. The Morgan fingerprint density at radius 2 is 0.781 bits per heavy atom. The summed E-state index contributed by atoms with van der Waals surface area (Å²) in [6.07, 6.45) is 0. The zero-order valence-corrected chi connectivity index (χ0v) is 19.6. The van der Waals surface area contributed by atoms with Gasteiger partial charge in [-0.15, -0.1) is 0 Å². The number of benzene rings is 4. The fourth-order valence-corrected chi connectivity index (χ4v) is 7.01. The van der Waals surface area contributed by atoms with Gasteiger partial charge in [-0.1, -0.05) is 65.2 Å². The molecule has 4 nitrogen and oxygen atoms in total. The summed E-state index contributed by atoms with van der Waals surface area (Å²) in [4.78, 5) is 5.02. The molecular weight excluding hydrogens is 481 g/mol. The van der Waals surface area contributed by atoms with Gasteiger partial charge in [0.25, 0.3) is 0 Å². The summed E-state index contributed by atoms with van der Waals surface area (Å²) in [5, 5.41) is 43.2. The van der Waals surface area contributed by atoms with Crippen LogP contribution in [0.3, 0.4) is 0 Å². The van der Waals surface area contributed by atoms with Crippen molar-refractivity contribution in [1.29, 1.82) is 0 Å². The second kappa shape index (κ2) is 8.78. The van der Waals surface area contributed by atoms with E-state index in [1.165, 1.54) is 47.0 Å². The fourth-order valence-electron chi connectivity index (χ4n) is 3.13. The number of hydrogen-bond donors (Lipinski definition) is 4. The normalized spacial score (nSPS) is 13.0. The van der Waals surface area contributed by atoms with Crippen molar-refractivity contribution in [2.45, 2.75) is 39.2 Å². The summed E-state index contributed by atoms with van der Waals surface area (Å²) in [6.45, 7) is 0. The van der Waals surface area contributed by atoms with Gasteiger partial charge in [0.05, 0.1) is 34.3 Å². The van der Waals surface area contributed by atoms with E-state index in [2.05, 4.69) is 0 Å². The van der Waals surface area contributed by atoms with Gasteiger partial charge < -0.3 is 20.4 Å². The summed E-state index contributed by atoms with van der Waals surface area (Å²) < 4.78 is 0. The molecule has 0 amide bonds. The lowest BCUT2D eigenvalue weighted by Crippen LogP contribution is -1.83.